The number of aliphatic imine (C=N–C) groups is 1. The highest BCUT2D eigenvalue weighted by atomic mass is 16.6. The zero-order valence-corrected chi connectivity index (χ0v) is 16.9. The summed E-state index contributed by atoms with van der Waals surface area (Å²) in [5.74, 6) is 0.413. The maximum Gasteiger partial charge on any atom is 0.216 e. The molecule has 0 aromatic heterocycles. The fourth-order valence-corrected chi connectivity index (χ4v) is 1.61. The molecule has 0 bridgehead atoms. The smallest absolute Gasteiger partial charge is 0.216 e. The number of nitrogens with one attached hydrogen (secondary N) is 1. The molecule has 2 N–H and O–H groups in total. The predicted molar refractivity (Wildman–Crippen MR) is 102 cm³/mol. The minimum Gasteiger partial charge on any atom is -0.362 e. The van der Waals surface area contributed by atoms with E-state index in [-0.39, 0.29) is 0 Å². The molecule has 23 heavy (non-hydrogen) atoms. The Morgan fingerprint density at radius 3 is 2.09 bits per heavy atom. The number of allylic oxidation sites excluding steroid dienone is 2. The topological polar surface area (TPSA) is 57.1 Å². The molecule has 1 rings (SSSR count). The maximum atomic E-state index is 9.73. The molecule has 0 fully saturated rings. The van der Waals surface area contributed by atoms with Gasteiger partial charge in [0.1, 0.15) is 0 Å². The first-order valence-corrected chi connectivity index (χ1v) is 8.89. The van der Waals surface area contributed by atoms with E-state index in [1.54, 1.807) is 0 Å². The third-order valence-corrected chi connectivity index (χ3v) is 2.38. The van der Waals surface area contributed by atoms with Gasteiger partial charge in [-0.3, -0.25) is 10.4 Å². The fraction of sp³-hybridized carbons (Fsp3) is 0.722. The summed E-state index contributed by atoms with van der Waals surface area (Å²) in [7, 11) is 1.89. The van der Waals surface area contributed by atoms with Gasteiger partial charge in [-0.05, 0) is 20.3 Å². The van der Waals surface area contributed by atoms with Crippen LogP contribution in [-0.4, -0.2) is 35.9 Å². The molecule has 0 aliphatic carbocycles. The average Bonchev–Trinajstić information content (AvgIpc) is 2.62. The first-order chi connectivity index (χ1) is 11.1. The number of rotatable bonds is 4. The van der Waals surface area contributed by atoms with Gasteiger partial charge >= 0.3 is 0 Å². The van der Waals surface area contributed by atoms with E-state index in [1.165, 1.54) is 0 Å². The third-order valence-electron chi connectivity index (χ3n) is 2.38. The molecule has 0 radical (unpaired) electrons. The normalized spacial score (nSPS) is 17.5. The first kappa shape index (κ1) is 26.6. The van der Waals surface area contributed by atoms with Gasteiger partial charge in [-0.1, -0.05) is 60.6 Å². The highest BCUT2D eigenvalue weighted by molar-refractivity contribution is 5.87. The van der Waals surface area contributed by atoms with Crippen LogP contribution in [-0.2, 0) is 4.74 Å². The van der Waals surface area contributed by atoms with Crippen LogP contribution in [0, 0.1) is 0 Å². The van der Waals surface area contributed by atoms with Crippen LogP contribution in [0.25, 0.3) is 0 Å². The molecule has 1 heterocycles. The van der Waals surface area contributed by atoms with Crippen molar-refractivity contribution in [1.29, 1.82) is 0 Å². The molecule has 0 amide bonds. The van der Waals surface area contributed by atoms with Gasteiger partial charge in [-0.25, -0.2) is 4.99 Å². The summed E-state index contributed by atoms with van der Waals surface area (Å²) in [6.07, 6.45) is 3.91. The van der Waals surface area contributed by atoms with Crippen LogP contribution < -0.4 is 5.43 Å². The van der Waals surface area contributed by atoms with E-state index in [4.69, 9.17) is 4.74 Å². The SMILES string of the molecule is C/C=C1/N=C(C(O)OCC)NN(C)/C1=C/CC.CC.CC.CC. The lowest BCUT2D eigenvalue weighted by Crippen LogP contribution is -2.48. The van der Waals surface area contributed by atoms with Crippen LogP contribution in [0.2, 0.25) is 0 Å². The molecule has 0 aromatic carbocycles. The molecule has 0 aromatic rings. The average molecular weight is 330 g/mol. The number of hydrogen-bond donors (Lipinski definition) is 2. The number of nitrogens with zero attached hydrogens (tertiary/aromatic N) is 2. The highest BCUT2D eigenvalue weighted by Gasteiger charge is 2.22. The molecule has 5 nitrogen and oxygen atoms in total. The third kappa shape index (κ3) is 10.1. The summed E-state index contributed by atoms with van der Waals surface area (Å²) in [4.78, 5) is 4.35. The molecular weight excluding hydrogens is 290 g/mol. The Morgan fingerprint density at radius 2 is 1.70 bits per heavy atom. The van der Waals surface area contributed by atoms with Gasteiger partial charge in [0.15, 0.2) is 5.84 Å². The highest BCUT2D eigenvalue weighted by Crippen LogP contribution is 2.19. The Balaban J connectivity index is -0.000000595. The second kappa shape index (κ2) is 18.7. The Labute approximate surface area is 144 Å². The van der Waals surface area contributed by atoms with E-state index in [1.807, 2.05) is 73.5 Å². The summed E-state index contributed by atoms with van der Waals surface area (Å²) in [6, 6.07) is 0. The van der Waals surface area contributed by atoms with Crippen molar-refractivity contribution in [3.8, 4) is 0 Å². The van der Waals surface area contributed by atoms with E-state index in [0.717, 1.165) is 17.8 Å². The second-order valence-corrected chi connectivity index (χ2v) is 3.65. The number of hydrogen-bond acceptors (Lipinski definition) is 5. The lowest BCUT2D eigenvalue weighted by Gasteiger charge is -2.31. The number of aliphatic hydroxyl groups excluding tert-OH is 1. The minimum absolute atomic E-state index is 0.413. The zero-order valence-electron chi connectivity index (χ0n) is 16.9. The van der Waals surface area contributed by atoms with Crippen molar-refractivity contribution in [2.24, 2.45) is 4.99 Å². The summed E-state index contributed by atoms with van der Waals surface area (Å²) in [6.45, 7) is 18.3. The number of amidine groups is 1. The Morgan fingerprint density at radius 1 is 1.17 bits per heavy atom. The lowest BCUT2D eigenvalue weighted by molar-refractivity contribution is -0.0485. The fourth-order valence-electron chi connectivity index (χ4n) is 1.61. The van der Waals surface area contributed by atoms with Gasteiger partial charge in [-0.15, -0.1) is 0 Å². The van der Waals surface area contributed by atoms with Crippen LogP contribution in [0.15, 0.2) is 28.5 Å². The largest absolute Gasteiger partial charge is 0.362 e. The van der Waals surface area contributed by atoms with Crippen molar-refractivity contribution in [1.82, 2.24) is 10.4 Å². The molecule has 138 valence electrons. The number of aliphatic hydroxyl groups is 1. The standard InChI is InChI=1S/C12H21N3O2.3C2H6/c1-5-8-10-9(6-2)13-11(14-15(10)4)12(16)17-7-3;3*1-2/h6,8,12,16H,5,7H2,1-4H3,(H,13,14);3*1-2H3/b9-6+,10-8+;;;. The Kier molecular flexibility index (Phi) is 21.6. The van der Waals surface area contributed by atoms with Crippen molar-refractivity contribution in [3.63, 3.8) is 0 Å². The zero-order chi connectivity index (χ0) is 18.8. The maximum absolute atomic E-state index is 9.73. The molecule has 1 unspecified atom stereocenters. The van der Waals surface area contributed by atoms with Crippen molar-refractivity contribution < 1.29 is 9.84 Å². The molecule has 1 aliphatic heterocycles. The van der Waals surface area contributed by atoms with Gasteiger partial charge in [0.05, 0.1) is 11.4 Å². The van der Waals surface area contributed by atoms with Gasteiger partial charge in [0.2, 0.25) is 6.29 Å². The van der Waals surface area contributed by atoms with Crippen molar-refractivity contribution in [2.45, 2.75) is 75.0 Å². The Bertz CT molecular complexity index is 350. The van der Waals surface area contributed by atoms with E-state index >= 15 is 0 Å². The molecular formula is C18H39N3O2. The number of ether oxygens (including phenoxy) is 1. The van der Waals surface area contributed by atoms with E-state index < -0.39 is 6.29 Å². The summed E-state index contributed by atoms with van der Waals surface area (Å²) in [5, 5.41) is 11.6. The number of likely N-dealkylation sites (N-methyl/N-ethyl adjacent to an activating group) is 1. The molecule has 0 saturated carbocycles. The van der Waals surface area contributed by atoms with Crippen LogP contribution in [0.1, 0.15) is 68.7 Å². The van der Waals surface area contributed by atoms with Gasteiger partial charge in [0.25, 0.3) is 0 Å². The minimum atomic E-state index is -1.01. The summed E-state index contributed by atoms with van der Waals surface area (Å²) < 4.78 is 5.11. The molecule has 0 saturated heterocycles. The lowest BCUT2D eigenvalue weighted by atomic mass is 10.2. The monoisotopic (exact) mass is 329 g/mol. The van der Waals surface area contributed by atoms with E-state index in [0.29, 0.717) is 12.4 Å². The van der Waals surface area contributed by atoms with E-state index in [2.05, 4.69) is 23.4 Å². The van der Waals surface area contributed by atoms with Crippen LogP contribution in [0.5, 0.6) is 0 Å². The van der Waals surface area contributed by atoms with Gasteiger partial charge in [0, 0.05) is 13.7 Å². The molecule has 0 spiro atoms. The molecule has 5 heteroatoms. The first-order valence-electron chi connectivity index (χ1n) is 8.89. The Hall–Kier alpha value is -1.33. The van der Waals surface area contributed by atoms with Gasteiger partial charge in [-0.2, -0.15) is 0 Å². The second-order valence-electron chi connectivity index (χ2n) is 3.65. The van der Waals surface area contributed by atoms with Crippen LogP contribution in [0.3, 0.4) is 0 Å². The quantitative estimate of drug-likeness (QED) is 0.747. The molecule has 1 aliphatic rings. The molecule has 1 atom stereocenters. The van der Waals surface area contributed by atoms with Crippen LogP contribution in [0.4, 0.5) is 0 Å². The van der Waals surface area contributed by atoms with E-state index in [9.17, 15) is 5.11 Å². The predicted octanol–water partition coefficient (Wildman–Crippen LogP) is 4.47. The van der Waals surface area contributed by atoms with Crippen molar-refractivity contribution in [2.75, 3.05) is 13.7 Å². The van der Waals surface area contributed by atoms with Crippen LogP contribution >= 0.6 is 0 Å². The summed E-state index contributed by atoms with van der Waals surface area (Å²) >= 11 is 0. The summed E-state index contributed by atoms with van der Waals surface area (Å²) in [5.41, 5.74) is 4.84. The van der Waals surface area contributed by atoms with Crippen molar-refractivity contribution >= 4 is 5.84 Å². The number of hydrazine groups is 1. The van der Waals surface area contributed by atoms with Crippen molar-refractivity contribution in [3.05, 3.63) is 23.5 Å². The van der Waals surface area contributed by atoms with Gasteiger partial charge < -0.3 is 9.84 Å².